The number of halogens is 2. The van der Waals surface area contributed by atoms with Gasteiger partial charge in [0.2, 0.25) is 0 Å². The topological polar surface area (TPSA) is 55.6 Å². The molecule has 5 nitrogen and oxygen atoms in total. The molecule has 0 saturated heterocycles. The molecule has 0 fully saturated rings. The van der Waals surface area contributed by atoms with Crippen molar-refractivity contribution in [3.63, 3.8) is 0 Å². The van der Waals surface area contributed by atoms with Crippen LogP contribution in [0.25, 0.3) is 0 Å². The van der Waals surface area contributed by atoms with Crippen LogP contribution in [0.15, 0.2) is 22.9 Å². The quantitative estimate of drug-likeness (QED) is 0.940. The molecule has 0 radical (unpaired) electrons. The van der Waals surface area contributed by atoms with Gasteiger partial charge in [-0.3, -0.25) is 4.98 Å². The van der Waals surface area contributed by atoms with E-state index in [0.717, 1.165) is 11.4 Å². The van der Waals surface area contributed by atoms with Crippen molar-refractivity contribution in [1.82, 2.24) is 25.3 Å². The molecule has 0 aromatic carbocycles. The van der Waals surface area contributed by atoms with Gasteiger partial charge in [0.1, 0.15) is 0 Å². The minimum atomic E-state index is -0.155. The second-order valence-corrected chi connectivity index (χ2v) is 4.64. The first kappa shape index (κ1) is 12.5. The van der Waals surface area contributed by atoms with Crippen molar-refractivity contribution in [1.29, 1.82) is 0 Å². The summed E-state index contributed by atoms with van der Waals surface area (Å²) in [5.74, 6) is 0. The largest absolute Gasteiger partial charge is 0.307 e. The van der Waals surface area contributed by atoms with E-state index in [1.54, 1.807) is 16.9 Å². The summed E-state index contributed by atoms with van der Waals surface area (Å²) >= 11 is 9.53. The van der Waals surface area contributed by atoms with Crippen molar-refractivity contribution in [2.75, 3.05) is 7.05 Å². The van der Waals surface area contributed by atoms with Crippen LogP contribution >= 0.6 is 27.5 Å². The molecule has 17 heavy (non-hydrogen) atoms. The number of aromatic nitrogens is 4. The molecule has 1 atom stereocenters. The first-order chi connectivity index (χ1) is 8.15. The fraction of sp³-hybridized carbons (Fsp3) is 0.300. The predicted molar refractivity (Wildman–Crippen MR) is 68.9 cm³/mol. The van der Waals surface area contributed by atoms with Crippen LogP contribution in [0, 0.1) is 0 Å². The molecule has 0 saturated carbocycles. The first-order valence-corrected chi connectivity index (χ1v) is 6.15. The molecule has 2 rings (SSSR count). The average Bonchev–Trinajstić information content (AvgIpc) is 2.64. The van der Waals surface area contributed by atoms with Gasteiger partial charge in [-0.2, -0.15) is 0 Å². The lowest BCUT2D eigenvalue weighted by Gasteiger charge is -2.16. The zero-order valence-electron chi connectivity index (χ0n) is 9.35. The van der Waals surface area contributed by atoms with Gasteiger partial charge in [-0.25, -0.2) is 4.68 Å². The lowest BCUT2D eigenvalue weighted by Crippen LogP contribution is -2.22. The van der Waals surface area contributed by atoms with Crippen LogP contribution in [0.4, 0.5) is 0 Å². The highest BCUT2D eigenvalue weighted by Crippen LogP contribution is 2.29. The smallest absolute Gasteiger partial charge is 0.153 e. The van der Waals surface area contributed by atoms with E-state index < -0.39 is 0 Å². The van der Waals surface area contributed by atoms with E-state index in [0.29, 0.717) is 9.63 Å². The van der Waals surface area contributed by atoms with E-state index in [2.05, 4.69) is 36.5 Å². The van der Waals surface area contributed by atoms with E-state index >= 15 is 0 Å². The maximum absolute atomic E-state index is 6.15. The highest BCUT2D eigenvalue weighted by Gasteiger charge is 2.23. The molecule has 2 aromatic rings. The molecule has 2 aromatic heterocycles. The fourth-order valence-corrected chi connectivity index (χ4v) is 2.45. The van der Waals surface area contributed by atoms with Crippen LogP contribution in [0.1, 0.15) is 17.4 Å². The van der Waals surface area contributed by atoms with E-state index in [4.69, 9.17) is 11.6 Å². The van der Waals surface area contributed by atoms with Crippen LogP contribution in [-0.4, -0.2) is 27.0 Å². The maximum Gasteiger partial charge on any atom is 0.153 e. The van der Waals surface area contributed by atoms with Gasteiger partial charge in [0.25, 0.3) is 0 Å². The summed E-state index contributed by atoms with van der Waals surface area (Å²) in [5.41, 5.74) is 1.64. The van der Waals surface area contributed by atoms with Gasteiger partial charge in [-0.15, -0.1) is 5.10 Å². The molecule has 0 spiro atoms. The predicted octanol–water partition coefficient (Wildman–Crippen LogP) is 1.93. The highest BCUT2D eigenvalue weighted by molar-refractivity contribution is 9.10. The van der Waals surface area contributed by atoms with Gasteiger partial charge < -0.3 is 5.32 Å². The van der Waals surface area contributed by atoms with Crippen LogP contribution < -0.4 is 5.32 Å². The van der Waals surface area contributed by atoms with Crippen LogP contribution in [0.3, 0.4) is 0 Å². The number of nitrogens with one attached hydrogen (secondary N) is 1. The SMILES string of the molecule is CNC(c1ncccc1Cl)c1c(Br)nnn1C. The Labute approximate surface area is 112 Å². The summed E-state index contributed by atoms with van der Waals surface area (Å²) in [5, 5.41) is 11.7. The second-order valence-electron chi connectivity index (χ2n) is 3.48. The second kappa shape index (κ2) is 5.12. The molecule has 1 N–H and O–H groups in total. The number of hydrogen-bond acceptors (Lipinski definition) is 4. The minimum Gasteiger partial charge on any atom is -0.307 e. The summed E-state index contributed by atoms with van der Waals surface area (Å²) in [6.07, 6.45) is 1.71. The third kappa shape index (κ3) is 2.34. The Morgan fingerprint density at radius 1 is 1.53 bits per heavy atom. The van der Waals surface area contributed by atoms with Crippen molar-refractivity contribution >= 4 is 27.5 Å². The van der Waals surface area contributed by atoms with E-state index in [1.807, 2.05) is 20.2 Å². The van der Waals surface area contributed by atoms with Crippen molar-refractivity contribution in [2.24, 2.45) is 7.05 Å². The molecule has 0 amide bonds. The van der Waals surface area contributed by atoms with Gasteiger partial charge in [-0.05, 0) is 35.1 Å². The number of pyridine rings is 1. The summed E-state index contributed by atoms with van der Waals surface area (Å²) in [4.78, 5) is 4.30. The van der Waals surface area contributed by atoms with Crippen molar-refractivity contribution in [3.8, 4) is 0 Å². The fourth-order valence-electron chi connectivity index (χ4n) is 1.66. The Kier molecular flexibility index (Phi) is 3.76. The van der Waals surface area contributed by atoms with E-state index in [-0.39, 0.29) is 6.04 Å². The Morgan fingerprint density at radius 3 is 2.82 bits per heavy atom. The molecular weight excluding hydrogens is 306 g/mol. The standard InChI is InChI=1S/C10H11BrClN5/c1-13-8(7-6(12)4-3-5-14-7)9-10(11)15-16-17(9)2/h3-5,8,13H,1-2H3. The Hall–Kier alpha value is -0.980. The van der Waals surface area contributed by atoms with Crippen molar-refractivity contribution < 1.29 is 0 Å². The van der Waals surface area contributed by atoms with Crippen molar-refractivity contribution in [3.05, 3.63) is 39.3 Å². The zero-order chi connectivity index (χ0) is 12.4. The Bertz CT molecular complexity index is 508. The molecule has 0 aliphatic carbocycles. The van der Waals surface area contributed by atoms with Gasteiger partial charge in [0.05, 0.1) is 22.5 Å². The Balaban J connectivity index is 2.52. The lowest BCUT2D eigenvalue weighted by molar-refractivity contribution is 0.587. The molecule has 0 aliphatic heterocycles. The number of nitrogens with zero attached hydrogens (tertiary/aromatic N) is 4. The minimum absolute atomic E-state index is 0.155. The molecule has 2 heterocycles. The molecule has 0 bridgehead atoms. The van der Waals surface area contributed by atoms with Crippen molar-refractivity contribution in [2.45, 2.75) is 6.04 Å². The summed E-state index contributed by atoms with van der Waals surface area (Å²) in [7, 11) is 3.67. The maximum atomic E-state index is 6.15. The summed E-state index contributed by atoms with van der Waals surface area (Å²) in [6, 6.07) is 3.46. The average molecular weight is 317 g/mol. The van der Waals surface area contributed by atoms with Crippen LogP contribution in [0.2, 0.25) is 5.02 Å². The first-order valence-electron chi connectivity index (χ1n) is 4.98. The van der Waals surface area contributed by atoms with Gasteiger partial charge in [0.15, 0.2) is 4.60 Å². The summed E-state index contributed by atoms with van der Waals surface area (Å²) < 4.78 is 2.37. The van der Waals surface area contributed by atoms with Gasteiger partial charge >= 0.3 is 0 Å². The molecule has 0 aliphatic rings. The van der Waals surface area contributed by atoms with E-state index in [1.165, 1.54) is 0 Å². The monoisotopic (exact) mass is 315 g/mol. The highest BCUT2D eigenvalue weighted by atomic mass is 79.9. The summed E-state index contributed by atoms with van der Waals surface area (Å²) in [6.45, 7) is 0. The zero-order valence-corrected chi connectivity index (χ0v) is 11.7. The van der Waals surface area contributed by atoms with Crippen LogP contribution in [0.5, 0.6) is 0 Å². The number of hydrogen-bond donors (Lipinski definition) is 1. The third-order valence-electron chi connectivity index (χ3n) is 2.45. The van der Waals surface area contributed by atoms with Gasteiger partial charge in [-0.1, -0.05) is 16.8 Å². The number of aryl methyl sites for hydroxylation is 1. The Morgan fingerprint density at radius 2 is 2.29 bits per heavy atom. The number of rotatable bonds is 3. The van der Waals surface area contributed by atoms with Crippen LogP contribution in [-0.2, 0) is 7.05 Å². The van der Waals surface area contributed by atoms with E-state index in [9.17, 15) is 0 Å². The third-order valence-corrected chi connectivity index (χ3v) is 3.33. The normalized spacial score (nSPS) is 12.7. The molecule has 7 heteroatoms. The molecule has 90 valence electrons. The molecule has 1 unspecified atom stereocenters. The lowest BCUT2D eigenvalue weighted by atomic mass is 10.1. The van der Waals surface area contributed by atoms with Gasteiger partial charge in [0, 0.05) is 13.2 Å². The molecular formula is C10H11BrClN5.